The lowest BCUT2D eigenvalue weighted by atomic mass is 9.97. The summed E-state index contributed by atoms with van der Waals surface area (Å²) in [5.41, 5.74) is 2.07. The van der Waals surface area contributed by atoms with Crippen LogP contribution in [0.1, 0.15) is 37.3 Å². The van der Waals surface area contributed by atoms with Crippen molar-refractivity contribution in [2.75, 3.05) is 49.5 Å². The number of amidine groups is 2. The first-order valence-electron chi connectivity index (χ1n) is 14.3. The molecule has 12 nitrogen and oxygen atoms in total. The van der Waals surface area contributed by atoms with E-state index in [0.29, 0.717) is 35.2 Å². The molecule has 0 amide bonds. The summed E-state index contributed by atoms with van der Waals surface area (Å²) >= 11 is 6.65. The van der Waals surface area contributed by atoms with Crippen LogP contribution in [0.2, 0.25) is 5.02 Å². The number of carbonyl (C=O) groups is 1. The van der Waals surface area contributed by atoms with Crippen LogP contribution in [-0.2, 0) is 21.5 Å². The molecule has 1 aromatic carbocycles. The summed E-state index contributed by atoms with van der Waals surface area (Å²) in [5.74, 6) is -1.00. The number of nitrogens with zero attached hydrogens (tertiary/aromatic N) is 6. The van der Waals surface area contributed by atoms with E-state index in [-0.39, 0.29) is 17.5 Å². The zero-order chi connectivity index (χ0) is 30.7. The lowest BCUT2D eigenvalue weighted by Gasteiger charge is -2.47. The zero-order valence-electron chi connectivity index (χ0n) is 24.1. The number of benzene rings is 1. The average Bonchev–Trinajstić information content (AvgIpc) is 3.26. The molecule has 0 radical (unpaired) electrons. The smallest absolute Gasteiger partial charge is 0.367 e. The second kappa shape index (κ2) is 13.1. The van der Waals surface area contributed by atoms with Crippen molar-refractivity contribution in [1.82, 2.24) is 20.1 Å². The Morgan fingerprint density at radius 1 is 1.14 bits per heavy atom. The fourth-order valence-corrected chi connectivity index (χ4v) is 6.97. The maximum Gasteiger partial charge on any atom is 0.367 e. The number of nitrogens with one attached hydrogen (secondary N) is 2. The normalized spacial score (nSPS) is 21.4. The molecule has 1 atom stereocenters. The molecule has 0 saturated carbocycles. The maximum absolute atomic E-state index is 14.4. The number of rotatable bonds is 8. The van der Waals surface area contributed by atoms with Crippen LogP contribution in [0.15, 0.2) is 39.3 Å². The summed E-state index contributed by atoms with van der Waals surface area (Å²) in [6, 6.07) is 7.88. The minimum absolute atomic E-state index is 0.132. The van der Waals surface area contributed by atoms with Gasteiger partial charge in [0.15, 0.2) is 11.7 Å². The van der Waals surface area contributed by atoms with Crippen LogP contribution in [0.3, 0.4) is 0 Å². The third-order valence-corrected chi connectivity index (χ3v) is 9.16. The van der Waals surface area contributed by atoms with Gasteiger partial charge in [0.05, 0.1) is 16.9 Å². The zero-order valence-corrected chi connectivity index (χ0v) is 25.7. The predicted molar refractivity (Wildman–Crippen MR) is 165 cm³/mol. The van der Waals surface area contributed by atoms with E-state index in [2.05, 4.69) is 46.0 Å². The lowest BCUT2D eigenvalue weighted by Crippen LogP contribution is -2.58. The Bertz CT molecular complexity index is 1530. The van der Waals surface area contributed by atoms with Gasteiger partial charge in [-0.3, -0.25) is 14.6 Å². The van der Waals surface area contributed by atoms with Crippen LogP contribution in [0.5, 0.6) is 0 Å². The maximum atomic E-state index is 14.4. The van der Waals surface area contributed by atoms with E-state index < -0.39 is 22.7 Å². The van der Waals surface area contributed by atoms with E-state index in [1.807, 2.05) is 19.1 Å². The number of anilines is 2. The van der Waals surface area contributed by atoms with Crippen molar-refractivity contribution in [2.45, 2.75) is 51.7 Å². The van der Waals surface area contributed by atoms with Gasteiger partial charge >= 0.3 is 16.2 Å². The van der Waals surface area contributed by atoms with Crippen molar-refractivity contribution in [3.8, 4) is 0 Å². The highest BCUT2D eigenvalue weighted by Crippen LogP contribution is 2.31. The first kappa shape index (κ1) is 31.1. The predicted octanol–water partition coefficient (Wildman–Crippen LogP) is 2.89. The van der Waals surface area contributed by atoms with Crippen LogP contribution in [-0.4, -0.2) is 97.3 Å². The largest absolute Gasteiger partial charge is 0.480 e. The third kappa shape index (κ3) is 7.61. The first-order chi connectivity index (χ1) is 20.5. The Balaban J connectivity index is 1.18. The van der Waals surface area contributed by atoms with Crippen LogP contribution in [0.25, 0.3) is 0 Å². The van der Waals surface area contributed by atoms with Crippen LogP contribution in [0.4, 0.5) is 15.9 Å². The molecule has 15 heteroatoms. The Labute approximate surface area is 255 Å². The molecule has 0 bridgehead atoms. The molecule has 1 aromatic heterocycles. The van der Waals surface area contributed by atoms with Crippen molar-refractivity contribution < 1.29 is 22.7 Å². The number of pyridine rings is 1. The van der Waals surface area contributed by atoms with E-state index >= 15 is 0 Å². The molecule has 5 rings (SSSR count). The number of carboxylic acids is 1. The summed E-state index contributed by atoms with van der Waals surface area (Å²) in [6.45, 7) is 8.46. The summed E-state index contributed by atoms with van der Waals surface area (Å²) in [6.07, 6.45) is 4.58. The van der Waals surface area contributed by atoms with Gasteiger partial charge in [-0.15, -0.1) is 8.80 Å². The van der Waals surface area contributed by atoms with E-state index in [1.165, 1.54) is 6.20 Å². The Morgan fingerprint density at radius 2 is 1.88 bits per heavy atom. The monoisotopic (exact) mass is 634 g/mol. The number of aryl methyl sites for hydroxylation is 1. The number of aromatic nitrogens is 1. The molecule has 0 aliphatic carbocycles. The lowest BCUT2D eigenvalue weighted by molar-refractivity contribution is -0.135. The SMILES string of the molecule is CC[C@H]1CN(c2ncc(NC3=NS(=O)(=O)N=C3NCC(=O)O)cc2Cl)CCN1C1CCN(Cc2ccc(C)cc2F)CC1. The standard InChI is InChI=1S/C28H36ClFN8O4S/c1-3-21-17-37(10-11-38(21)22-6-8-36(9-7-22)16-19-5-4-18(2)12-24(19)30)28-23(29)13-20(14-32-28)33-27-26(31-15-25(39)40)34-43(41,42)35-27/h4-5,12-14,21-22H,3,6-11,15-17H2,1-2H3,(H,31,34)(H,33,35)(H,39,40)/t21-/m0/s1. The third-order valence-electron chi connectivity index (χ3n) is 8.06. The van der Waals surface area contributed by atoms with Crippen molar-refractivity contribution in [2.24, 2.45) is 8.80 Å². The van der Waals surface area contributed by atoms with Crippen LogP contribution < -0.4 is 15.5 Å². The molecule has 43 heavy (non-hydrogen) atoms. The van der Waals surface area contributed by atoms with Gasteiger partial charge in [-0.1, -0.05) is 30.7 Å². The van der Waals surface area contributed by atoms with Gasteiger partial charge < -0.3 is 20.6 Å². The topological polar surface area (TPSA) is 143 Å². The Hall–Kier alpha value is -3.33. The Kier molecular flexibility index (Phi) is 9.49. The van der Waals surface area contributed by atoms with E-state index in [4.69, 9.17) is 16.7 Å². The van der Waals surface area contributed by atoms with E-state index in [1.54, 1.807) is 12.1 Å². The number of likely N-dealkylation sites (tertiary alicyclic amines) is 1. The van der Waals surface area contributed by atoms with Crippen LogP contribution >= 0.6 is 11.6 Å². The number of aliphatic carboxylic acids is 1. The van der Waals surface area contributed by atoms with Crippen molar-refractivity contribution in [3.63, 3.8) is 0 Å². The van der Waals surface area contributed by atoms with Gasteiger partial charge in [0, 0.05) is 43.8 Å². The molecule has 3 aliphatic rings. The van der Waals surface area contributed by atoms with Gasteiger partial charge in [0.25, 0.3) is 0 Å². The van der Waals surface area contributed by atoms with Gasteiger partial charge in [0.2, 0.25) is 0 Å². The molecule has 0 spiro atoms. The minimum Gasteiger partial charge on any atom is -0.480 e. The molecule has 0 unspecified atom stereocenters. The molecular formula is C28H36ClFN8O4S. The molecular weight excluding hydrogens is 599 g/mol. The highest BCUT2D eigenvalue weighted by molar-refractivity contribution is 7.89. The van der Waals surface area contributed by atoms with E-state index in [0.717, 1.165) is 63.1 Å². The van der Waals surface area contributed by atoms with Crippen molar-refractivity contribution in [3.05, 3.63) is 52.4 Å². The molecule has 232 valence electrons. The average molecular weight is 635 g/mol. The second-order valence-electron chi connectivity index (χ2n) is 11.1. The highest BCUT2D eigenvalue weighted by Gasteiger charge is 2.34. The Morgan fingerprint density at radius 3 is 2.56 bits per heavy atom. The van der Waals surface area contributed by atoms with Crippen molar-refractivity contribution >= 4 is 51.0 Å². The molecule has 4 heterocycles. The number of piperazine rings is 1. The van der Waals surface area contributed by atoms with Crippen molar-refractivity contribution in [1.29, 1.82) is 0 Å². The summed E-state index contributed by atoms with van der Waals surface area (Å²) in [7, 11) is -4.12. The molecule has 2 aromatic rings. The summed E-state index contributed by atoms with van der Waals surface area (Å²) in [4.78, 5) is 22.6. The second-order valence-corrected chi connectivity index (χ2v) is 12.7. The minimum atomic E-state index is -4.12. The molecule has 3 N–H and O–H groups in total. The van der Waals surface area contributed by atoms with Crippen LogP contribution in [0, 0.1) is 12.7 Å². The fraction of sp³-hybridized carbons (Fsp3) is 0.500. The number of hydrogen-bond acceptors (Lipinski definition) is 9. The van der Waals surface area contributed by atoms with Gasteiger partial charge in [-0.25, -0.2) is 9.37 Å². The fourth-order valence-electron chi connectivity index (χ4n) is 5.90. The number of piperidine rings is 1. The quantitative estimate of drug-likeness (QED) is 0.397. The molecule has 2 fully saturated rings. The number of halogens is 2. The summed E-state index contributed by atoms with van der Waals surface area (Å²) < 4.78 is 45.1. The van der Waals surface area contributed by atoms with E-state index in [9.17, 15) is 17.6 Å². The highest BCUT2D eigenvalue weighted by atomic mass is 35.5. The van der Waals surface area contributed by atoms with Gasteiger partial charge in [-0.2, -0.15) is 8.42 Å². The number of carboxylic acid groups (broad SMARTS) is 1. The van der Waals surface area contributed by atoms with Gasteiger partial charge in [0.1, 0.15) is 18.2 Å². The summed E-state index contributed by atoms with van der Waals surface area (Å²) in [5, 5.41) is 14.5. The molecule has 2 saturated heterocycles. The number of hydrogen-bond donors (Lipinski definition) is 3. The van der Waals surface area contributed by atoms with Gasteiger partial charge in [-0.05, 0) is 57.0 Å². The first-order valence-corrected chi connectivity index (χ1v) is 16.1. The molecule has 3 aliphatic heterocycles.